The summed E-state index contributed by atoms with van der Waals surface area (Å²) in [4.78, 5) is 23.1. The quantitative estimate of drug-likeness (QED) is 0.829. The third-order valence-corrected chi connectivity index (χ3v) is 5.89. The van der Waals surface area contributed by atoms with Crippen LogP contribution in [-0.2, 0) is 11.3 Å². The third-order valence-electron chi connectivity index (χ3n) is 5.89. The fourth-order valence-electron chi connectivity index (χ4n) is 3.96. The van der Waals surface area contributed by atoms with Gasteiger partial charge in [-0.25, -0.2) is 4.98 Å². The first-order chi connectivity index (χ1) is 13.5. The number of aromatic nitrogens is 2. The zero-order valence-electron chi connectivity index (χ0n) is 16.7. The Morgan fingerprint density at radius 2 is 2.21 bits per heavy atom. The van der Waals surface area contributed by atoms with Crippen molar-refractivity contribution in [2.75, 3.05) is 13.7 Å². The summed E-state index contributed by atoms with van der Waals surface area (Å²) in [5.74, 6) is 1.19. The Labute approximate surface area is 165 Å². The van der Waals surface area contributed by atoms with Crippen LogP contribution in [0, 0.1) is 24.2 Å². The van der Waals surface area contributed by atoms with Crippen molar-refractivity contribution >= 4 is 5.91 Å². The molecule has 1 aliphatic heterocycles. The minimum atomic E-state index is -0.146. The Morgan fingerprint density at radius 3 is 2.82 bits per heavy atom. The highest BCUT2D eigenvalue weighted by atomic mass is 16.5. The van der Waals surface area contributed by atoms with Crippen molar-refractivity contribution in [2.24, 2.45) is 5.92 Å². The van der Waals surface area contributed by atoms with Crippen LogP contribution in [0.25, 0.3) is 11.3 Å². The zero-order chi connectivity index (χ0) is 19.8. The number of hydrogen-bond acceptors (Lipinski definition) is 4. The van der Waals surface area contributed by atoms with Gasteiger partial charge in [0.1, 0.15) is 12.4 Å². The Bertz CT molecular complexity index is 938. The lowest BCUT2D eigenvalue weighted by Gasteiger charge is -2.42. The van der Waals surface area contributed by atoms with Crippen LogP contribution in [0.4, 0.5) is 0 Å². The number of amides is 1. The standard InChI is InChI=1S/C22H26N4O2/c1-13-4-5-16(22(27)26-9-8-18(26)14(2)11-23)10-17(13)21-20(15-6-7-15)24-19(25-21)12-28-3/h4-5,10,14-15,18H,6-9,12H2,1-3H3,(H,24,25)/t14-,18?/m1/s1. The molecule has 2 fully saturated rings. The summed E-state index contributed by atoms with van der Waals surface area (Å²) < 4.78 is 5.24. The van der Waals surface area contributed by atoms with E-state index in [1.165, 1.54) is 12.8 Å². The van der Waals surface area contributed by atoms with E-state index in [1.54, 1.807) is 7.11 Å². The van der Waals surface area contributed by atoms with E-state index in [9.17, 15) is 10.1 Å². The van der Waals surface area contributed by atoms with Crippen molar-refractivity contribution in [1.29, 1.82) is 5.26 Å². The molecular weight excluding hydrogens is 352 g/mol. The molecule has 2 atom stereocenters. The monoisotopic (exact) mass is 378 g/mol. The molecule has 1 N–H and O–H groups in total. The van der Waals surface area contributed by atoms with Crippen molar-refractivity contribution in [3.05, 3.63) is 40.8 Å². The van der Waals surface area contributed by atoms with Gasteiger partial charge in [0.15, 0.2) is 0 Å². The number of nitriles is 1. The lowest BCUT2D eigenvalue weighted by Crippen LogP contribution is -2.53. The maximum absolute atomic E-state index is 13.1. The van der Waals surface area contributed by atoms with Gasteiger partial charge >= 0.3 is 0 Å². The first-order valence-corrected chi connectivity index (χ1v) is 9.92. The average molecular weight is 378 g/mol. The molecule has 1 aromatic carbocycles. The molecule has 1 saturated heterocycles. The second-order valence-electron chi connectivity index (χ2n) is 7.96. The largest absolute Gasteiger partial charge is 0.377 e. The van der Waals surface area contributed by atoms with Gasteiger partial charge in [0.25, 0.3) is 5.91 Å². The highest BCUT2D eigenvalue weighted by Crippen LogP contribution is 2.44. The number of carbonyl (C=O) groups is 1. The first kappa shape index (κ1) is 18.7. The van der Waals surface area contributed by atoms with Gasteiger partial charge in [-0.1, -0.05) is 6.07 Å². The summed E-state index contributed by atoms with van der Waals surface area (Å²) in [5.41, 5.74) is 4.84. The number of imidazole rings is 1. The van der Waals surface area contributed by atoms with E-state index < -0.39 is 0 Å². The van der Waals surface area contributed by atoms with Gasteiger partial charge in [-0.3, -0.25) is 4.79 Å². The highest BCUT2D eigenvalue weighted by Gasteiger charge is 2.37. The molecule has 4 rings (SSSR count). The van der Waals surface area contributed by atoms with Gasteiger partial charge in [0, 0.05) is 42.4 Å². The van der Waals surface area contributed by atoms with Gasteiger partial charge in [-0.05, 0) is 50.8 Å². The van der Waals surface area contributed by atoms with Crippen molar-refractivity contribution < 1.29 is 9.53 Å². The molecule has 6 nitrogen and oxygen atoms in total. The molecule has 2 aromatic rings. The second-order valence-corrected chi connectivity index (χ2v) is 7.96. The van der Waals surface area contributed by atoms with Gasteiger partial charge in [0.2, 0.25) is 0 Å². The van der Waals surface area contributed by atoms with E-state index in [2.05, 4.69) is 18.0 Å². The van der Waals surface area contributed by atoms with Gasteiger partial charge < -0.3 is 14.6 Å². The fraction of sp³-hybridized carbons (Fsp3) is 0.500. The summed E-state index contributed by atoms with van der Waals surface area (Å²) >= 11 is 0. The Balaban J connectivity index is 1.67. The molecule has 0 bridgehead atoms. The number of benzene rings is 1. The number of ether oxygens (including phenoxy) is 1. The minimum Gasteiger partial charge on any atom is -0.377 e. The third kappa shape index (κ3) is 3.31. The Kier molecular flexibility index (Phi) is 4.94. The van der Waals surface area contributed by atoms with E-state index in [-0.39, 0.29) is 17.9 Å². The van der Waals surface area contributed by atoms with Crippen LogP contribution in [0.15, 0.2) is 18.2 Å². The molecule has 146 valence electrons. The summed E-state index contributed by atoms with van der Waals surface area (Å²) in [6.45, 7) is 5.09. The van der Waals surface area contributed by atoms with Crippen LogP contribution in [-0.4, -0.2) is 40.5 Å². The number of rotatable bonds is 6. The number of nitrogens with zero attached hydrogens (tertiary/aromatic N) is 3. The van der Waals surface area contributed by atoms with E-state index in [4.69, 9.17) is 9.72 Å². The number of nitrogens with one attached hydrogen (secondary N) is 1. The van der Waals surface area contributed by atoms with Gasteiger partial charge in [-0.15, -0.1) is 0 Å². The fourth-order valence-corrected chi connectivity index (χ4v) is 3.96. The van der Waals surface area contributed by atoms with Crippen LogP contribution in [0.1, 0.15) is 59.5 Å². The topological polar surface area (TPSA) is 82.0 Å². The number of methoxy groups -OCH3 is 1. The molecule has 1 unspecified atom stereocenters. The molecule has 6 heteroatoms. The number of hydrogen-bond donors (Lipinski definition) is 1. The van der Waals surface area contributed by atoms with Crippen LogP contribution in [0.5, 0.6) is 0 Å². The number of carbonyl (C=O) groups excluding carboxylic acids is 1. The summed E-state index contributed by atoms with van der Waals surface area (Å²) in [6, 6.07) is 8.12. The lowest BCUT2D eigenvalue weighted by molar-refractivity contribution is 0.0387. The van der Waals surface area contributed by atoms with Crippen molar-refractivity contribution in [3.8, 4) is 17.3 Å². The summed E-state index contributed by atoms with van der Waals surface area (Å²) in [7, 11) is 1.66. The van der Waals surface area contributed by atoms with E-state index >= 15 is 0 Å². The SMILES string of the molecule is COCc1nc(-c2cc(C(=O)N3CCC3[C@H](C)C#N)ccc2C)c(C2CC2)[nH]1. The summed E-state index contributed by atoms with van der Waals surface area (Å²) in [6.07, 6.45) is 3.23. The zero-order valence-corrected chi connectivity index (χ0v) is 16.7. The maximum atomic E-state index is 13.1. The molecule has 2 heterocycles. The van der Waals surface area contributed by atoms with Crippen LogP contribution >= 0.6 is 0 Å². The molecular formula is C22H26N4O2. The van der Waals surface area contributed by atoms with Crippen molar-refractivity contribution in [2.45, 2.75) is 51.7 Å². The predicted molar refractivity (Wildman–Crippen MR) is 106 cm³/mol. The van der Waals surface area contributed by atoms with Crippen LogP contribution in [0.3, 0.4) is 0 Å². The first-order valence-electron chi connectivity index (χ1n) is 9.92. The molecule has 1 aromatic heterocycles. The predicted octanol–water partition coefficient (Wildman–Crippen LogP) is 3.78. The lowest BCUT2D eigenvalue weighted by atomic mass is 9.90. The molecule has 1 saturated carbocycles. The number of aryl methyl sites for hydroxylation is 1. The molecule has 28 heavy (non-hydrogen) atoms. The minimum absolute atomic E-state index is 0.000206. The van der Waals surface area contributed by atoms with E-state index in [0.717, 1.165) is 34.8 Å². The molecule has 0 spiro atoms. The van der Waals surface area contributed by atoms with Crippen LogP contribution < -0.4 is 0 Å². The normalized spacial score (nSPS) is 19.8. The Morgan fingerprint density at radius 1 is 1.43 bits per heavy atom. The second kappa shape index (κ2) is 7.40. The maximum Gasteiger partial charge on any atom is 0.254 e. The molecule has 2 aliphatic rings. The number of H-pyrrole nitrogens is 1. The van der Waals surface area contributed by atoms with Crippen molar-refractivity contribution in [1.82, 2.24) is 14.9 Å². The Hall–Kier alpha value is -2.65. The van der Waals surface area contributed by atoms with Crippen molar-refractivity contribution in [3.63, 3.8) is 0 Å². The van der Waals surface area contributed by atoms with Crippen LogP contribution in [0.2, 0.25) is 0 Å². The highest BCUT2D eigenvalue weighted by molar-refractivity contribution is 5.96. The number of likely N-dealkylation sites (tertiary alicyclic amines) is 1. The molecule has 1 amide bonds. The van der Waals surface area contributed by atoms with Gasteiger partial charge in [0.05, 0.1) is 17.7 Å². The molecule has 1 aliphatic carbocycles. The van der Waals surface area contributed by atoms with E-state index in [0.29, 0.717) is 24.6 Å². The van der Waals surface area contributed by atoms with E-state index in [1.807, 2.05) is 30.0 Å². The van der Waals surface area contributed by atoms with Gasteiger partial charge in [-0.2, -0.15) is 5.26 Å². The number of aromatic amines is 1. The summed E-state index contributed by atoms with van der Waals surface area (Å²) in [5, 5.41) is 9.19. The molecule has 0 radical (unpaired) electrons. The smallest absolute Gasteiger partial charge is 0.254 e. The average Bonchev–Trinajstić information content (AvgIpc) is 3.42.